The van der Waals surface area contributed by atoms with Gasteiger partial charge in [0, 0.05) is 26.2 Å². The van der Waals surface area contributed by atoms with Crippen molar-refractivity contribution in [1.82, 2.24) is 10.2 Å². The van der Waals surface area contributed by atoms with E-state index in [0.717, 1.165) is 17.7 Å². The number of rotatable bonds is 6. The molecule has 0 aromatic heterocycles. The van der Waals surface area contributed by atoms with Crippen molar-refractivity contribution in [3.8, 4) is 0 Å². The fourth-order valence-corrected chi connectivity index (χ4v) is 3.25. The van der Waals surface area contributed by atoms with E-state index in [1.807, 2.05) is 0 Å². The van der Waals surface area contributed by atoms with Crippen LogP contribution in [0.2, 0.25) is 0 Å². The number of benzene rings is 2. The van der Waals surface area contributed by atoms with Gasteiger partial charge in [0.15, 0.2) is 17.2 Å². The molecule has 1 heterocycles. The second kappa shape index (κ2) is 8.10. The van der Waals surface area contributed by atoms with Gasteiger partial charge in [-0.25, -0.2) is 13.2 Å². The zero-order valence-corrected chi connectivity index (χ0v) is 14.7. The summed E-state index contributed by atoms with van der Waals surface area (Å²) in [4.78, 5) is 14.2. The smallest absolute Gasteiger partial charge is 0.256 e. The lowest BCUT2D eigenvalue weighted by Gasteiger charge is -2.38. The topological polar surface area (TPSA) is 52.6 Å². The molecule has 0 spiro atoms. The molecule has 1 aliphatic heterocycles. The van der Waals surface area contributed by atoms with Crippen molar-refractivity contribution in [2.45, 2.75) is 31.5 Å². The number of hydrogen-bond donors (Lipinski definition) is 2. The Bertz CT molecular complexity index is 813. The summed E-state index contributed by atoms with van der Waals surface area (Å²) >= 11 is 0. The molecule has 144 valence electrons. The molecule has 0 bridgehead atoms. The molecule has 2 N–H and O–H groups in total. The van der Waals surface area contributed by atoms with Gasteiger partial charge >= 0.3 is 0 Å². The number of carbonyl (C=O) groups is 1. The number of halogens is 3. The van der Waals surface area contributed by atoms with Crippen LogP contribution in [0.3, 0.4) is 0 Å². The molecule has 3 rings (SSSR count). The Hall–Kier alpha value is -2.38. The highest BCUT2D eigenvalue weighted by Gasteiger charge is 2.41. The van der Waals surface area contributed by atoms with Crippen LogP contribution in [0.15, 0.2) is 42.5 Å². The lowest BCUT2D eigenvalue weighted by Crippen LogP contribution is -2.57. The number of nitrogens with one attached hydrogen (secondary N) is 1. The molecule has 1 saturated heterocycles. The molecular weight excluding hydrogens is 357 g/mol. The normalized spacial score (nSPS) is 20.1. The van der Waals surface area contributed by atoms with E-state index in [4.69, 9.17) is 0 Å². The number of piperidine rings is 1. The van der Waals surface area contributed by atoms with Gasteiger partial charge in [-0.1, -0.05) is 18.2 Å². The van der Waals surface area contributed by atoms with Crippen molar-refractivity contribution in [3.05, 3.63) is 71.0 Å². The number of likely N-dealkylation sites (tertiary alicyclic amines) is 1. The monoisotopic (exact) mass is 378 g/mol. The largest absolute Gasteiger partial charge is 0.379 e. The molecule has 2 aromatic carbocycles. The Morgan fingerprint density at radius 1 is 1.04 bits per heavy atom. The summed E-state index contributed by atoms with van der Waals surface area (Å²) < 4.78 is 39.4. The number of hydrogen-bond acceptors (Lipinski definition) is 3. The van der Waals surface area contributed by atoms with Crippen LogP contribution in [0, 0.1) is 17.5 Å². The van der Waals surface area contributed by atoms with Gasteiger partial charge in [0.25, 0.3) is 5.91 Å². The van der Waals surface area contributed by atoms with E-state index in [9.17, 15) is 23.1 Å². The van der Waals surface area contributed by atoms with Crippen molar-refractivity contribution in [2.75, 3.05) is 13.1 Å². The standard InChI is InChI=1S/C20H21F3N2O2/c21-16-5-2-14(3-6-16)11-24-13-20(27)8-1-9-25(19(20)26)12-15-4-7-17(22)18(23)10-15/h2-7,10,24,27H,1,8-9,11-13H2. The first-order valence-electron chi connectivity index (χ1n) is 8.78. The number of amides is 1. The van der Waals surface area contributed by atoms with E-state index in [1.54, 1.807) is 12.1 Å². The molecule has 0 radical (unpaired) electrons. The van der Waals surface area contributed by atoms with E-state index in [1.165, 1.54) is 23.1 Å². The predicted molar refractivity (Wildman–Crippen MR) is 94.1 cm³/mol. The van der Waals surface area contributed by atoms with Crippen LogP contribution in [-0.2, 0) is 17.9 Å². The first-order valence-corrected chi connectivity index (χ1v) is 8.78. The minimum absolute atomic E-state index is 0.0531. The molecule has 2 aromatic rings. The Labute approximate surface area is 155 Å². The van der Waals surface area contributed by atoms with Gasteiger partial charge in [-0.3, -0.25) is 4.79 Å². The van der Waals surface area contributed by atoms with E-state index < -0.39 is 23.1 Å². The fraction of sp³-hybridized carbons (Fsp3) is 0.350. The lowest BCUT2D eigenvalue weighted by molar-refractivity contribution is -0.157. The second-order valence-electron chi connectivity index (χ2n) is 6.84. The van der Waals surface area contributed by atoms with Gasteiger partial charge in [0.05, 0.1) is 0 Å². The average molecular weight is 378 g/mol. The second-order valence-corrected chi connectivity index (χ2v) is 6.84. The molecule has 0 saturated carbocycles. The zero-order valence-electron chi connectivity index (χ0n) is 14.7. The molecule has 1 fully saturated rings. The van der Waals surface area contributed by atoms with Crippen LogP contribution in [0.4, 0.5) is 13.2 Å². The summed E-state index contributed by atoms with van der Waals surface area (Å²) in [5.74, 6) is -2.67. The van der Waals surface area contributed by atoms with Gasteiger partial charge in [0.1, 0.15) is 5.82 Å². The van der Waals surface area contributed by atoms with E-state index in [0.29, 0.717) is 31.5 Å². The fourth-order valence-electron chi connectivity index (χ4n) is 3.25. The summed E-state index contributed by atoms with van der Waals surface area (Å²) in [6, 6.07) is 9.46. The maximum absolute atomic E-state index is 13.4. The van der Waals surface area contributed by atoms with Gasteiger partial charge < -0.3 is 15.3 Å². The highest BCUT2D eigenvalue weighted by atomic mass is 19.2. The summed E-state index contributed by atoms with van der Waals surface area (Å²) in [6.45, 7) is 0.991. The van der Waals surface area contributed by atoms with Crippen LogP contribution in [0.5, 0.6) is 0 Å². The van der Waals surface area contributed by atoms with Gasteiger partial charge in [-0.2, -0.15) is 0 Å². The third-order valence-electron chi connectivity index (χ3n) is 4.72. The van der Waals surface area contributed by atoms with Crippen molar-refractivity contribution in [1.29, 1.82) is 0 Å². The Balaban J connectivity index is 1.60. The predicted octanol–water partition coefficient (Wildman–Crippen LogP) is 2.75. The van der Waals surface area contributed by atoms with E-state index >= 15 is 0 Å². The van der Waals surface area contributed by atoms with Crippen molar-refractivity contribution in [3.63, 3.8) is 0 Å². The SMILES string of the molecule is O=C1N(Cc2ccc(F)c(F)c2)CCCC1(O)CNCc1ccc(F)cc1. The average Bonchev–Trinajstić information content (AvgIpc) is 2.64. The Morgan fingerprint density at radius 3 is 2.44 bits per heavy atom. The van der Waals surface area contributed by atoms with Crippen LogP contribution in [0.25, 0.3) is 0 Å². The van der Waals surface area contributed by atoms with Crippen molar-refractivity contribution < 1.29 is 23.1 Å². The molecule has 27 heavy (non-hydrogen) atoms. The Morgan fingerprint density at radius 2 is 1.74 bits per heavy atom. The number of carbonyl (C=O) groups excluding carboxylic acids is 1. The zero-order chi connectivity index (χ0) is 19.4. The lowest BCUT2D eigenvalue weighted by atomic mass is 9.91. The molecule has 0 aliphatic carbocycles. The minimum Gasteiger partial charge on any atom is -0.379 e. The highest BCUT2D eigenvalue weighted by Crippen LogP contribution is 2.24. The summed E-state index contributed by atoms with van der Waals surface area (Å²) in [5, 5.41) is 13.8. The maximum atomic E-state index is 13.4. The summed E-state index contributed by atoms with van der Waals surface area (Å²) in [6.07, 6.45) is 0.917. The quantitative estimate of drug-likeness (QED) is 0.813. The molecule has 1 aliphatic rings. The Kier molecular flexibility index (Phi) is 5.82. The number of aliphatic hydroxyl groups is 1. The van der Waals surface area contributed by atoms with Crippen LogP contribution in [0.1, 0.15) is 24.0 Å². The minimum atomic E-state index is -1.56. The summed E-state index contributed by atoms with van der Waals surface area (Å²) in [5.41, 5.74) is -0.260. The maximum Gasteiger partial charge on any atom is 0.256 e. The van der Waals surface area contributed by atoms with Crippen molar-refractivity contribution in [2.24, 2.45) is 0 Å². The molecule has 7 heteroatoms. The third kappa shape index (κ3) is 4.67. The van der Waals surface area contributed by atoms with Gasteiger partial charge in [-0.05, 0) is 48.2 Å². The summed E-state index contributed by atoms with van der Waals surface area (Å²) in [7, 11) is 0. The molecule has 4 nitrogen and oxygen atoms in total. The van der Waals surface area contributed by atoms with Crippen LogP contribution in [-0.4, -0.2) is 34.6 Å². The highest BCUT2D eigenvalue weighted by molar-refractivity contribution is 5.86. The molecular formula is C20H21F3N2O2. The number of nitrogens with zero attached hydrogens (tertiary/aromatic N) is 1. The molecule has 1 amide bonds. The van der Waals surface area contributed by atoms with Crippen LogP contribution >= 0.6 is 0 Å². The molecule has 1 atom stereocenters. The first-order chi connectivity index (χ1) is 12.9. The molecule has 1 unspecified atom stereocenters. The van der Waals surface area contributed by atoms with E-state index in [-0.39, 0.29) is 18.9 Å². The third-order valence-corrected chi connectivity index (χ3v) is 4.72. The van der Waals surface area contributed by atoms with Gasteiger partial charge in [0.2, 0.25) is 0 Å². The van der Waals surface area contributed by atoms with E-state index in [2.05, 4.69) is 5.32 Å². The van der Waals surface area contributed by atoms with Crippen LogP contribution < -0.4 is 5.32 Å². The first kappa shape index (κ1) is 19.4. The van der Waals surface area contributed by atoms with Crippen molar-refractivity contribution >= 4 is 5.91 Å². The van der Waals surface area contributed by atoms with Gasteiger partial charge in [-0.15, -0.1) is 0 Å².